The fourth-order valence-corrected chi connectivity index (χ4v) is 2.68. The van der Waals surface area contributed by atoms with E-state index in [0.29, 0.717) is 13.1 Å². The van der Waals surface area contributed by atoms with Crippen LogP contribution in [0.4, 0.5) is 0 Å². The predicted molar refractivity (Wildman–Crippen MR) is 81.9 cm³/mol. The molecule has 5 nitrogen and oxygen atoms in total. The standard InChI is InChI=1S/C16H22N4O/c21-16(6-7-17-12-16)13-18-8-15-9-19-20(11-15)10-14-4-2-1-3-5-14/h1-5,9,11,17-18,21H,6-8,10,12-13H2/t16-/m1/s1. The van der Waals surface area contributed by atoms with E-state index in [0.717, 1.165) is 31.6 Å². The normalized spacial score (nSPS) is 21.8. The number of nitrogens with one attached hydrogen (secondary N) is 2. The topological polar surface area (TPSA) is 62.1 Å². The molecule has 0 aliphatic carbocycles. The van der Waals surface area contributed by atoms with Crippen molar-refractivity contribution in [1.82, 2.24) is 20.4 Å². The van der Waals surface area contributed by atoms with Crippen LogP contribution in [0.1, 0.15) is 17.5 Å². The molecule has 5 heteroatoms. The molecule has 0 amide bonds. The van der Waals surface area contributed by atoms with E-state index in [1.807, 2.05) is 29.1 Å². The van der Waals surface area contributed by atoms with E-state index < -0.39 is 5.60 Å². The maximum absolute atomic E-state index is 10.2. The van der Waals surface area contributed by atoms with Crippen LogP contribution >= 0.6 is 0 Å². The Kier molecular flexibility index (Phi) is 4.34. The summed E-state index contributed by atoms with van der Waals surface area (Å²) in [5, 5.41) is 21.1. The van der Waals surface area contributed by atoms with Crippen LogP contribution in [0.25, 0.3) is 0 Å². The molecule has 0 saturated carbocycles. The molecule has 112 valence electrons. The van der Waals surface area contributed by atoms with E-state index >= 15 is 0 Å². The average molecular weight is 286 g/mol. The van der Waals surface area contributed by atoms with Gasteiger partial charge in [-0.2, -0.15) is 5.10 Å². The third-order valence-electron chi connectivity index (χ3n) is 3.88. The lowest BCUT2D eigenvalue weighted by Gasteiger charge is -2.21. The van der Waals surface area contributed by atoms with E-state index in [-0.39, 0.29) is 0 Å². The molecule has 0 bridgehead atoms. The molecule has 0 radical (unpaired) electrons. The Morgan fingerprint density at radius 3 is 2.90 bits per heavy atom. The third-order valence-corrected chi connectivity index (χ3v) is 3.88. The Bertz CT molecular complexity index is 561. The number of β-amino-alcohol motifs (C(OH)–C–C–N with tert-alkyl or cyclic N) is 1. The van der Waals surface area contributed by atoms with Crippen LogP contribution in [0.3, 0.4) is 0 Å². The Morgan fingerprint density at radius 1 is 1.29 bits per heavy atom. The van der Waals surface area contributed by atoms with Crippen molar-refractivity contribution in [3.8, 4) is 0 Å². The highest BCUT2D eigenvalue weighted by Gasteiger charge is 2.30. The van der Waals surface area contributed by atoms with E-state index in [1.165, 1.54) is 5.56 Å². The average Bonchev–Trinajstić information content (AvgIpc) is 3.10. The SMILES string of the molecule is O[C@]1(CNCc2cnn(Cc3ccccc3)c2)CCNC1. The number of hydrogen-bond acceptors (Lipinski definition) is 4. The number of rotatable bonds is 6. The van der Waals surface area contributed by atoms with E-state index in [2.05, 4.69) is 34.1 Å². The quantitative estimate of drug-likeness (QED) is 0.733. The van der Waals surface area contributed by atoms with Crippen LogP contribution in [0.15, 0.2) is 42.7 Å². The van der Waals surface area contributed by atoms with Gasteiger partial charge in [0.15, 0.2) is 0 Å². The van der Waals surface area contributed by atoms with Crippen molar-refractivity contribution >= 4 is 0 Å². The van der Waals surface area contributed by atoms with Gasteiger partial charge in [-0.15, -0.1) is 0 Å². The van der Waals surface area contributed by atoms with Gasteiger partial charge in [0.1, 0.15) is 0 Å². The molecule has 0 spiro atoms. The van der Waals surface area contributed by atoms with Crippen molar-refractivity contribution in [2.45, 2.75) is 25.1 Å². The zero-order valence-electron chi connectivity index (χ0n) is 12.1. The summed E-state index contributed by atoms with van der Waals surface area (Å²) in [4.78, 5) is 0. The molecule has 2 heterocycles. The lowest BCUT2D eigenvalue weighted by Crippen LogP contribution is -2.42. The minimum Gasteiger partial charge on any atom is -0.387 e. The second-order valence-electron chi connectivity index (χ2n) is 5.79. The Balaban J connectivity index is 1.49. The van der Waals surface area contributed by atoms with Crippen molar-refractivity contribution in [2.75, 3.05) is 19.6 Å². The van der Waals surface area contributed by atoms with Crippen molar-refractivity contribution in [3.05, 3.63) is 53.9 Å². The first-order valence-corrected chi connectivity index (χ1v) is 7.43. The highest BCUT2D eigenvalue weighted by molar-refractivity contribution is 5.15. The van der Waals surface area contributed by atoms with Gasteiger partial charge in [-0.25, -0.2) is 0 Å². The maximum Gasteiger partial charge on any atom is 0.0907 e. The van der Waals surface area contributed by atoms with Crippen LogP contribution in [-0.4, -0.2) is 40.1 Å². The molecule has 0 unspecified atom stereocenters. The highest BCUT2D eigenvalue weighted by atomic mass is 16.3. The van der Waals surface area contributed by atoms with Crippen molar-refractivity contribution in [1.29, 1.82) is 0 Å². The zero-order valence-corrected chi connectivity index (χ0v) is 12.1. The summed E-state index contributed by atoms with van der Waals surface area (Å²) in [5.41, 5.74) is 1.78. The molecule has 1 aromatic heterocycles. The van der Waals surface area contributed by atoms with Gasteiger partial charge in [0.05, 0.1) is 18.3 Å². The summed E-state index contributed by atoms with van der Waals surface area (Å²) in [6.07, 6.45) is 4.75. The summed E-state index contributed by atoms with van der Waals surface area (Å²) in [5.74, 6) is 0. The van der Waals surface area contributed by atoms with Crippen molar-refractivity contribution in [2.24, 2.45) is 0 Å². The molecule has 1 aromatic carbocycles. The number of hydrogen-bond donors (Lipinski definition) is 3. The van der Waals surface area contributed by atoms with E-state index in [1.54, 1.807) is 0 Å². The molecule has 1 fully saturated rings. The molecule has 3 rings (SSSR count). The lowest BCUT2D eigenvalue weighted by molar-refractivity contribution is 0.0609. The van der Waals surface area contributed by atoms with Crippen LogP contribution in [0.2, 0.25) is 0 Å². The Hall–Kier alpha value is -1.69. The number of aromatic nitrogens is 2. The number of aliphatic hydroxyl groups is 1. The fourth-order valence-electron chi connectivity index (χ4n) is 2.68. The summed E-state index contributed by atoms with van der Waals surface area (Å²) in [7, 11) is 0. The third kappa shape index (κ3) is 3.91. The first-order chi connectivity index (χ1) is 10.2. The molecule has 2 aromatic rings. The van der Waals surface area contributed by atoms with Crippen LogP contribution in [0.5, 0.6) is 0 Å². The molecule has 1 atom stereocenters. The largest absolute Gasteiger partial charge is 0.387 e. The van der Waals surface area contributed by atoms with Gasteiger partial charge >= 0.3 is 0 Å². The second kappa shape index (κ2) is 6.39. The van der Waals surface area contributed by atoms with Gasteiger partial charge in [-0.05, 0) is 18.5 Å². The van der Waals surface area contributed by atoms with Gasteiger partial charge in [-0.3, -0.25) is 4.68 Å². The second-order valence-corrected chi connectivity index (χ2v) is 5.79. The van der Waals surface area contributed by atoms with Gasteiger partial charge in [0.25, 0.3) is 0 Å². The van der Waals surface area contributed by atoms with Gasteiger partial charge in [-0.1, -0.05) is 30.3 Å². The van der Waals surface area contributed by atoms with Gasteiger partial charge in [0.2, 0.25) is 0 Å². The highest BCUT2D eigenvalue weighted by Crippen LogP contribution is 2.12. The number of benzene rings is 1. The molecule has 3 N–H and O–H groups in total. The zero-order chi connectivity index (χ0) is 14.5. The molecule has 1 saturated heterocycles. The first kappa shape index (κ1) is 14.3. The minimum absolute atomic E-state index is 0.597. The molecular formula is C16H22N4O. The minimum atomic E-state index is -0.597. The molecule has 1 aliphatic rings. The van der Waals surface area contributed by atoms with Crippen LogP contribution < -0.4 is 10.6 Å². The lowest BCUT2D eigenvalue weighted by atomic mass is 10.0. The summed E-state index contributed by atoms with van der Waals surface area (Å²) >= 11 is 0. The smallest absolute Gasteiger partial charge is 0.0907 e. The van der Waals surface area contributed by atoms with E-state index in [4.69, 9.17) is 0 Å². The molecule has 21 heavy (non-hydrogen) atoms. The Labute approximate surface area is 125 Å². The predicted octanol–water partition coefficient (Wildman–Crippen LogP) is 0.745. The number of nitrogens with zero attached hydrogens (tertiary/aromatic N) is 2. The van der Waals surface area contributed by atoms with Crippen LogP contribution in [-0.2, 0) is 13.1 Å². The van der Waals surface area contributed by atoms with Gasteiger partial charge < -0.3 is 15.7 Å². The summed E-state index contributed by atoms with van der Waals surface area (Å²) < 4.78 is 1.94. The Morgan fingerprint density at radius 2 is 2.14 bits per heavy atom. The molecular weight excluding hydrogens is 264 g/mol. The fraction of sp³-hybridized carbons (Fsp3) is 0.438. The van der Waals surface area contributed by atoms with E-state index in [9.17, 15) is 5.11 Å². The monoisotopic (exact) mass is 286 g/mol. The first-order valence-electron chi connectivity index (χ1n) is 7.43. The summed E-state index contributed by atoms with van der Waals surface area (Å²) in [6.45, 7) is 3.70. The van der Waals surface area contributed by atoms with Crippen molar-refractivity contribution in [3.63, 3.8) is 0 Å². The van der Waals surface area contributed by atoms with Crippen molar-refractivity contribution < 1.29 is 5.11 Å². The molecule has 1 aliphatic heterocycles. The maximum atomic E-state index is 10.2. The van der Waals surface area contributed by atoms with Crippen LogP contribution in [0, 0.1) is 0 Å². The summed E-state index contributed by atoms with van der Waals surface area (Å²) in [6, 6.07) is 10.3. The van der Waals surface area contributed by atoms with Gasteiger partial charge in [0, 0.05) is 31.4 Å².